The van der Waals surface area contributed by atoms with Crippen molar-refractivity contribution in [2.45, 2.75) is 148 Å². The SMILES string of the molecule is CCCCCCCC(=O)O[C@@H]1[C@@H](C)[C@@]2(O)[C@@H](C=C(CO)C[C@]3(O)C(=O)C(C)=C[C@@H]23)[C@@H]2C(C)(C)[C@]12OC(=O)CCCCCCC. The van der Waals surface area contributed by atoms with Crippen LogP contribution in [0.25, 0.3) is 0 Å². The molecule has 0 radical (unpaired) electrons. The number of ether oxygens (including phenoxy) is 2. The molecule has 8 heteroatoms. The van der Waals surface area contributed by atoms with Crippen LogP contribution in [-0.2, 0) is 23.9 Å². The zero-order valence-corrected chi connectivity index (χ0v) is 27.8. The van der Waals surface area contributed by atoms with Crippen molar-refractivity contribution in [3.05, 3.63) is 23.3 Å². The molecule has 4 aliphatic rings. The van der Waals surface area contributed by atoms with Gasteiger partial charge in [-0.2, -0.15) is 0 Å². The van der Waals surface area contributed by atoms with Gasteiger partial charge in [0, 0.05) is 48.3 Å². The van der Waals surface area contributed by atoms with E-state index in [1.807, 2.05) is 13.8 Å². The first-order valence-electron chi connectivity index (χ1n) is 17.2. The zero-order valence-electron chi connectivity index (χ0n) is 27.8. The summed E-state index contributed by atoms with van der Waals surface area (Å²) in [6, 6.07) is 0. The van der Waals surface area contributed by atoms with E-state index in [9.17, 15) is 29.7 Å². The first kappa shape index (κ1) is 34.8. The van der Waals surface area contributed by atoms with Crippen molar-refractivity contribution in [3.63, 3.8) is 0 Å². The fraction of sp³-hybridized carbons (Fsp3) is 0.806. The number of hydrogen-bond acceptors (Lipinski definition) is 8. The average Bonchev–Trinajstić information content (AvgIpc) is 3.40. The number of aliphatic hydroxyl groups is 3. The van der Waals surface area contributed by atoms with Gasteiger partial charge in [-0.3, -0.25) is 14.4 Å². The van der Waals surface area contributed by atoms with Crippen molar-refractivity contribution in [1.29, 1.82) is 0 Å². The normalized spacial score (nSPS) is 36.8. The van der Waals surface area contributed by atoms with Crippen molar-refractivity contribution < 1.29 is 39.2 Å². The van der Waals surface area contributed by atoms with Crippen LogP contribution in [0.4, 0.5) is 0 Å². The standard InChI is InChI=1S/C36H56O8/c1-7-9-11-13-15-17-28(38)43-32-24(4)35(42)26(20-25(22-37)21-34(41)27(35)19-23(3)31(34)40)30-33(5,6)36(30,32)44-29(39)18-16-14-12-10-8-2/h19-20,24,26-27,30,32,37,41-42H,7-18,21-22H2,1-6H3/t24-,26+,27-,30-,32-,34-,35-,36-/m1/s1. The Morgan fingerprint density at radius 2 is 1.48 bits per heavy atom. The van der Waals surface area contributed by atoms with E-state index in [0.29, 0.717) is 24.0 Å². The number of aliphatic hydroxyl groups excluding tert-OH is 1. The largest absolute Gasteiger partial charge is 0.458 e. The molecule has 4 rings (SSSR count). The molecular formula is C36H56O8. The summed E-state index contributed by atoms with van der Waals surface area (Å²) in [6.07, 6.45) is 12.6. The van der Waals surface area contributed by atoms with Gasteiger partial charge in [0.1, 0.15) is 11.7 Å². The molecule has 0 unspecified atom stereocenters. The maximum absolute atomic E-state index is 13.4. The Hall–Kier alpha value is -2.03. The van der Waals surface area contributed by atoms with Crippen LogP contribution in [-0.4, -0.2) is 62.6 Å². The number of fused-ring (bicyclic) bond motifs is 5. The molecule has 2 fully saturated rings. The minimum Gasteiger partial charge on any atom is -0.458 e. The molecule has 0 amide bonds. The van der Waals surface area contributed by atoms with Crippen molar-refractivity contribution in [3.8, 4) is 0 Å². The van der Waals surface area contributed by atoms with E-state index < -0.39 is 63.7 Å². The third-order valence-electron chi connectivity index (χ3n) is 11.5. The van der Waals surface area contributed by atoms with E-state index in [2.05, 4.69) is 13.8 Å². The topological polar surface area (TPSA) is 130 Å². The number of ketones is 1. The molecule has 0 aromatic carbocycles. The monoisotopic (exact) mass is 616 g/mol. The molecule has 44 heavy (non-hydrogen) atoms. The second kappa shape index (κ2) is 13.4. The molecule has 3 N–H and O–H groups in total. The van der Waals surface area contributed by atoms with Gasteiger partial charge in [0.05, 0.1) is 12.2 Å². The Bertz CT molecular complexity index is 1150. The summed E-state index contributed by atoms with van der Waals surface area (Å²) in [4.78, 5) is 40.2. The number of Topliss-reactive ketones (excluding diaryl/α,β-unsaturated/α-hetero) is 1. The molecular weight excluding hydrogens is 560 g/mol. The highest BCUT2D eigenvalue weighted by molar-refractivity contribution is 6.04. The molecule has 0 aromatic heterocycles. The van der Waals surface area contributed by atoms with Crippen LogP contribution in [0.3, 0.4) is 0 Å². The van der Waals surface area contributed by atoms with Crippen LogP contribution in [0.5, 0.6) is 0 Å². The minimum absolute atomic E-state index is 0.105. The number of esters is 2. The van der Waals surface area contributed by atoms with E-state index in [1.165, 1.54) is 0 Å². The van der Waals surface area contributed by atoms with Gasteiger partial charge in [0.25, 0.3) is 0 Å². The summed E-state index contributed by atoms with van der Waals surface area (Å²) < 4.78 is 12.7. The molecule has 8 atom stereocenters. The lowest BCUT2D eigenvalue weighted by atomic mass is 9.59. The first-order chi connectivity index (χ1) is 20.8. The lowest BCUT2D eigenvalue weighted by Crippen LogP contribution is -2.66. The summed E-state index contributed by atoms with van der Waals surface area (Å²) in [5, 5.41) is 35.1. The molecule has 2 saturated carbocycles. The third kappa shape index (κ3) is 5.72. The molecule has 0 bridgehead atoms. The minimum atomic E-state index is -1.93. The molecule has 0 aliphatic heterocycles. The van der Waals surface area contributed by atoms with E-state index >= 15 is 0 Å². The average molecular weight is 617 g/mol. The first-order valence-corrected chi connectivity index (χ1v) is 17.2. The van der Waals surface area contributed by atoms with Crippen LogP contribution in [0.2, 0.25) is 0 Å². The molecule has 248 valence electrons. The Labute approximate surface area is 263 Å². The van der Waals surface area contributed by atoms with E-state index in [1.54, 1.807) is 26.0 Å². The quantitative estimate of drug-likeness (QED) is 0.120. The lowest BCUT2D eigenvalue weighted by molar-refractivity contribution is -0.229. The maximum atomic E-state index is 13.4. The van der Waals surface area contributed by atoms with Crippen LogP contribution in [0, 0.1) is 29.1 Å². The summed E-state index contributed by atoms with van der Waals surface area (Å²) >= 11 is 0. The maximum Gasteiger partial charge on any atom is 0.306 e. The zero-order chi connectivity index (χ0) is 32.5. The van der Waals surface area contributed by atoms with E-state index in [0.717, 1.165) is 51.4 Å². The Kier molecular flexibility index (Phi) is 10.6. The van der Waals surface area contributed by atoms with Gasteiger partial charge >= 0.3 is 11.9 Å². The summed E-state index contributed by atoms with van der Waals surface area (Å²) in [5.41, 5.74) is -4.71. The highest BCUT2D eigenvalue weighted by Gasteiger charge is 2.87. The molecule has 0 spiro atoms. The van der Waals surface area contributed by atoms with Crippen LogP contribution in [0.1, 0.15) is 125 Å². The van der Waals surface area contributed by atoms with E-state index in [4.69, 9.17) is 9.47 Å². The molecule has 0 aromatic rings. The molecule has 8 nitrogen and oxygen atoms in total. The highest BCUT2D eigenvalue weighted by atomic mass is 16.6. The van der Waals surface area contributed by atoms with E-state index in [-0.39, 0.29) is 31.8 Å². The number of unbranched alkanes of at least 4 members (excludes halogenated alkanes) is 8. The van der Waals surface area contributed by atoms with Crippen molar-refractivity contribution in [2.75, 3.05) is 6.61 Å². The Balaban J connectivity index is 1.72. The number of carbonyl (C=O) groups excluding carboxylic acids is 3. The van der Waals surface area contributed by atoms with Gasteiger partial charge in [-0.05, 0) is 30.9 Å². The molecule has 4 aliphatic carbocycles. The van der Waals surface area contributed by atoms with Crippen molar-refractivity contribution >= 4 is 17.7 Å². The van der Waals surface area contributed by atoms with Crippen molar-refractivity contribution in [1.82, 2.24) is 0 Å². The third-order valence-corrected chi connectivity index (χ3v) is 11.5. The predicted molar refractivity (Wildman–Crippen MR) is 167 cm³/mol. The van der Waals surface area contributed by atoms with Crippen LogP contribution in [0.15, 0.2) is 23.3 Å². The second-order valence-electron chi connectivity index (χ2n) is 14.6. The van der Waals surface area contributed by atoms with Gasteiger partial charge in [-0.25, -0.2) is 0 Å². The van der Waals surface area contributed by atoms with Gasteiger partial charge in [-0.1, -0.05) is 98.1 Å². The van der Waals surface area contributed by atoms with Crippen LogP contribution >= 0.6 is 0 Å². The second-order valence-corrected chi connectivity index (χ2v) is 14.6. The van der Waals surface area contributed by atoms with Gasteiger partial charge in [-0.15, -0.1) is 0 Å². The van der Waals surface area contributed by atoms with Gasteiger partial charge < -0.3 is 24.8 Å². The fourth-order valence-corrected chi connectivity index (χ4v) is 9.01. The Morgan fingerprint density at radius 1 is 0.909 bits per heavy atom. The fourth-order valence-electron chi connectivity index (χ4n) is 9.01. The number of hydrogen-bond donors (Lipinski definition) is 3. The Morgan fingerprint density at radius 3 is 2.05 bits per heavy atom. The smallest absolute Gasteiger partial charge is 0.306 e. The predicted octanol–water partition coefficient (Wildman–Crippen LogP) is 5.75. The molecule has 0 saturated heterocycles. The molecule has 0 heterocycles. The number of rotatable bonds is 15. The highest BCUT2D eigenvalue weighted by Crippen LogP contribution is 2.77. The van der Waals surface area contributed by atoms with Gasteiger partial charge in [0.15, 0.2) is 11.4 Å². The van der Waals surface area contributed by atoms with Crippen LogP contribution < -0.4 is 0 Å². The summed E-state index contributed by atoms with van der Waals surface area (Å²) in [5.74, 6) is -4.12. The van der Waals surface area contributed by atoms with Crippen molar-refractivity contribution in [2.24, 2.45) is 29.1 Å². The lowest BCUT2D eigenvalue weighted by Gasteiger charge is -2.53. The summed E-state index contributed by atoms with van der Waals surface area (Å²) in [6.45, 7) is 11.3. The van der Waals surface area contributed by atoms with Gasteiger partial charge in [0.2, 0.25) is 0 Å². The summed E-state index contributed by atoms with van der Waals surface area (Å²) in [7, 11) is 0. The number of carbonyl (C=O) groups is 3.